The lowest BCUT2D eigenvalue weighted by Crippen LogP contribution is -2.48. The van der Waals surface area contributed by atoms with Gasteiger partial charge in [-0.15, -0.1) is 0 Å². The molecule has 0 bridgehead atoms. The predicted molar refractivity (Wildman–Crippen MR) is 79.1 cm³/mol. The maximum absolute atomic E-state index is 13.1. The van der Waals surface area contributed by atoms with Crippen LogP contribution in [-0.4, -0.2) is 39.5 Å². The molecule has 0 saturated carbocycles. The number of carbonyl (C=O) groups is 1. The largest absolute Gasteiger partial charge is 0.388 e. The number of halogens is 1. The fourth-order valence-corrected chi connectivity index (χ4v) is 3.50. The highest BCUT2D eigenvalue weighted by molar-refractivity contribution is 8.00. The molecule has 0 spiro atoms. The Bertz CT molecular complexity index is 483. The zero-order chi connectivity index (χ0) is 14.7. The Kier molecular flexibility index (Phi) is 5.05. The molecule has 20 heavy (non-hydrogen) atoms. The molecular formula is C15H20FNO2S. The first-order valence-corrected chi connectivity index (χ1v) is 7.88. The van der Waals surface area contributed by atoms with E-state index < -0.39 is 11.9 Å². The molecule has 0 aromatic heterocycles. The Hall–Kier alpha value is -1.07. The van der Waals surface area contributed by atoms with Gasteiger partial charge in [0, 0.05) is 23.6 Å². The first-order chi connectivity index (χ1) is 9.49. The van der Waals surface area contributed by atoms with Crippen LogP contribution >= 0.6 is 11.8 Å². The third-order valence-electron chi connectivity index (χ3n) is 3.81. The van der Waals surface area contributed by atoms with E-state index in [0.717, 1.165) is 5.75 Å². The first-order valence-electron chi connectivity index (χ1n) is 6.83. The monoisotopic (exact) mass is 297 g/mol. The van der Waals surface area contributed by atoms with E-state index in [-0.39, 0.29) is 18.4 Å². The van der Waals surface area contributed by atoms with Gasteiger partial charge in [0.05, 0.1) is 12.5 Å². The van der Waals surface area contributed by atoms with Crippen molar-refractivity contribution < 1.29 is 14.3 Å². The van der Waals surface area contributed by atoms with Gasteiger partial charge in [-0.3, -0.25) is 4.79 Å². The van der Waals surface area contributed by atoms with Crippen molar-refractivity contribution in [3.05, 3.63) is 35.6 Å². The fourth-order valence-electron chi connectivity index (χ4n) is 2.40. The minimum absolute atomic E-state index is 0.00514. The summed E-state index contributed by atoms with van der Waals surface area (Å²) >= 11 is 1.86. The van der Waals surface area contributed by atoms with E-state index in [4.69, 9.17) is 0 Å². The van der Waals surface area contributed by atoms with Gasteiger partial charge in [0.15, 0.2) is 0 Å². The van der Waals surface area contributed by atoms with Crippen LogP contribution in [0.4, 0.5) is 4.39 Å². The quantitative estimate of drug-likeness (QED) is 0.932. The number of aliphatic hydroxyl groups is 1. The summed E-state index contributed by atoms with van der Waals surface area (Å²) in [6.07, 6.45) is -0.944. The van der Waals surface area contributed by atoms with Gasteiger partial charge in [0.25, 0.3) is 0 Å². The van der Waals surface area contributed by atoms with Crippen molar-refractivity contribution in [2.45, 2.75) is 37.7 Å². The van der Waals surface area contributed by atoms with Gasteiger partial charge in [0.2, 0.25) is 5.91 Å². The summed E-state index contributed by atoms with van der Waals surface area (Å²) in [5.41, 5.74) is 0.449. The lowest BCUT2D eigenvalue weighted by atomic mass is 10.0. The number of amides is 1. The summed E-state index contributed by atoms with van der Waals surface area (Å²) in [6, 6.07) is 5.94. The van der Waals surface area contributed by atoms with E-state index >= 15 is 0 Å². The molecule has 3 unspecified atom stereocenters. The number of nitrogens with zero attached hydrogens (tertiary/aromatic N) is 1. The molecule has 3 atom stereocenters. The van der Waals surface area contributed by atoms with Gasteiger partial charge in [-0.1, -0.05) is 19.1 Å². The van der Waals surface area contributed by atoms with E-state index in [2.05, 4.69) is 6.92 Å². The molecule has 110 valence electrons. The maximum Gasteiger partial charge on any atom is 0.225 e. The van der Waals surface area contributed by atoms with Crippen molar-refractivity contribution in [2.75, 3.05) is 12.3 Å². The molecule has 1 aliphatic heterocycles. The molecular weight excluding hydrogens is 277 g/mol. The topological polar surface area (TPSA) is 40.5 Å². The molecule has 1 N–H and O–H groups in total. The minimum Gasteiger partial charge on any atom is -0.388 e. The highest BCUT2D eigenvalue weighted by Gasteiger charge is 2.29. The summed E-state index contributed by atoms with van der Waals surface area (Å²) in [7, 11) is 0. The first kappa shape index (κ1) is 15.3. The highest BCUT2D eigenvalue weighted by atomic mass is 32.2. The molecule has 1 heterocycles. The van der Waals surface area contributed by atoms with Crippen LogP contribution in [0.25, 0.3) is 0 Å². The highest BCUT2D eigenvalue weighted by Crippen LogP contribution is 2.26. The molecule has 1 aliphatic rings. The van der Waals surface area contributed by atoms with Crippen molar-refractivity contribution in [1.82, 2.24) is 4.90 Å². The Labute approximate surface area is 123 Å². The molecule has 1 saturated heterocycles. The third-order valence-corrected chi connectivity index (χ3v) is 5.14. The van der Waals surface area contributed by atoms with Crippen LogP contribution in [0, 0.1) is 5.82 Å². The zero-order valence-electron chi connectivity index (χ0n) is 11.8. The van der Waals surface area contributed by atoms with Crippen LogP contribution in [0.5, 0.6) is 0 Å². The van der Waals surface area contributed by atoms with Crippen LogP contribution in [0.15, 0.2) is 24.3 Å². The molecule has 1 fully saturated rings. The number of thioether (sulfide) groups is 1. The SMILES string of the molecule is CC1SCCN(C(=O)CC(O)c2cccc(F)c2)C1C. The normalized spacial score (nSPS) is 24.5. The summed E-state index contributed by atoms with van der Waals surface area (Å²) in [5.74, 6) is 0.458. The van der Waals surface area contributed by atoms with Crippen LogP contribution in [0.3, 0.4) is 0 Å². The predicted octanol–water partition coefficient (Wildman–Crippen LogP) is 2.60. The number of hydrogen-bond donors (Lipinski definition) is 1. The minimum atomic E-state index is -0.949. The van der Waals surface area contributed by atoms with Gasteiger partial charge in [-0.05, 0) is 24.6 Å². The molecule has 5 heteroatoms. The summed E-state index contributed by atoms with van der Waals surface area (Å²) < 4.78 is 13.1. The molecule has 2 rings (SSSR count). The molecule has 0 radical (unpaired) electrons. The van der Waals surface area contributed by atoms with Crippen molar-refractivity contribution >= 4 is 17.7 Å². The van der Waals surface area contributed by atoms with E-state index in [1.807, 2.05) is 23.6 Å². The molecule has 0 aliphatic carbocycles. The molecule has 1 aromatic rings. The summed E-state index contributed by atoms with van der Waals surface area (Å²) in [5, 5.41) is 10.5. The van der Waals surface area contributed by atoms with Gasteiger partial charge in [-0.25, -0.2) is 4.39 Å². The van der Waals surface area contributed by atoms with Crippen molar-refractivity contribution in [1.29, 1.82) is 0 Å². The Morgan fingerprint density at radius 1 is 1.55 bits per heavy atom. The van der Waals surface area contributed by atoms with E-state index in [9.17, 15) is 14.3 Å². The van der Waals surface area contributed by atoms with Crippen LogP contribution < -0.4 is 0 Å². The second-order valence-electron chi connectivity index (χ2n) is 5.18. The van der Waals surface area contributed by atoms with E-state index in [0.29, 0.717) is 17.4 Å². The lowest BCUT2D eigenvalue weighted by Gasteiger charge is -2.38. The average molecular weight is 297 g/mol. The van der Waals surface area contributed by atoms with Gasteiger partial charge < -0.3 is 10.0 Å². The Morgan fingerprint density at radius 3 is 3.00 bits per heavy atom. The van der Waals surface area contributed by atoms with Gasteiger partial charge in [0.1, 0.15) is 5.82 Å². The van der Waals surface area contributed by atoms with Crippen LogP contribution in [0.1, 0.15) is 31.9 Å². The number of rotatable bonds is 3. The van der Waals surface area contributed by atoms with E-state index in [1.165, 1.54) is 12.1 Å². The summed E-state index contributed by atoms with van der Waals surface area (Å²) in [6.45, 7) is 4.85. The smallest absolute Gasteiger partial charge is 0.225 e. The summed E-state index contributed by atoms with van der Waals surface area (Å²) in [4.78, 5) is 14.1. The zero-order valence-corrected chi connectivity index (χ0v) is 12.6. The van der Waals surface area contributed by atoms with Crippen molar-refractivity contribution in [3.8, 4) is 0 Å². The Balaban J connectivity index is 2.00. The van der Waals surface area contributed by atoms with Gasteiger partial charge in [-0.2, -0.15) is 11.8 Å². The molecule has 1 aromatic carbocycles. The number of benzene rings is 1. The Morgan fingerprint density at radius 2 is 2.30 bits per heavy atom. The number of hydrogen-bond acceptors (Lipinski definition) is 3. The van der Waals surface area contributed by atoms with Gasteiger partial charge >= 0.3 is 0 Å². The van der Waals surface area contributed by atoms with Crippen molar-refractivity contribution in [2.24, 2.45) is 0 Å². The second-order valence-corrected chi connectivity index (χ2v) is 6.66. The average Bonchev–Trinajstić information content (AvgIpc) is 2.41. The van der Waals surface area contributed by atoms with E-state index in [1.54, 1.807) is 12.1 Å². The fraction of sp³-hybridized carbons (Fsp3) is 0.533. The molecule has 3 nitrogen and oxygen atoms in total. The van der Waals surface area contributed by atoms with Crippen molar-refractivity contribution in [3.63, 3.8) is 0 Å². The number of aliphatic hydroxyl groups excluding tert-OH is 1. The standard InChI is InChI=1S/C15H20FNO2S/c1-10-11(2)20-7-6-17(10)15(19)9-14(18)12-4-3-5-13(16)8-12/h3-5,8,10-11,14,18H,6-7,9H2,1-2H3. The van der Waals surface area contributed by atoms with Crippen LogP contribution in [0.2, 0.25) is 0 Å². The molecule has 1 amide bonds. The maximum atomic E-state index is 13.1. The lowest BCUT2D eigenvalue weighted by molar-refractivity contribution is -0.135. The second kappa shape index (κ2) is 6.59. The third kappa shape index (κ3) is 3.52. The van der Waals surface area contributed by atoms with Crippen LogP contribution in [-0.2, 0) is 4.79 Å². The number of carbonyl (C=O) groups excluding carboxylic acids is 1.